The number of amides is 2. The maximum atomic E-state index is 12.9. The van der Waals surface area contributed by atoms with Crippen molar-refractivity contribution >= 4 is 17.5 Å². The standard InChI is InChI=1S/C10H11F2N3O2/c1-14-9(16)4-15-10(17)5-2-6(11)7(12)3-8(5)13/h2-3H,4,13H2,1H3,(H,14,16)(H,15,17). The molecule has 0 heterocycles. The van der Waals surface area contributed by atoms with Gasteiger partial charge in [-0.2, -0.15) is 0 Å². The lowest BCUT2D eigenvalue weighted by molar-refractivity contribution is -0.119. The molecule has 4 N–H and O–H groups in total. The Kier molecular flexibility index (Phi) is 3.97. The van der Waals surface area contributed by atoms with Crippen LogP contribution in [0.3, 0.4) is 0 Å². The summed E-state index contributed by atoms with van der Waals surface area (Å²) in [4.78, 5) is 22.4. The zero-order valence-electron chi connectivity index (χ0n) is 9.01. The summed E-state index contributed by atoms with van der Waals surface area (Å²) in [5.41, 5.74) is 4.95. The number of carbonyl (C=O) groups is 2. The van der Waals surface area contributed by atoms with Gasteiger partial charge in [0.05, 0.1) is 12.1 Å². The minimum absolute atomic E-state index is 0.196. The predicted octanol–water partition coefficient (Wildman–Crippen LogP) is 0.0228. The number of halogens is 2. The first-order chi connectivity index (χ1) is 7.95. The van der Waals surface area contributed by atoms with Gasteiger partial charge < -0.3 is 16.4 Å². The molecule has 0 aromatic heterocycles. The van der Waals surface area contributed by atoms with Gasteiger partial charge >= 0.3 is 0 Å². The van der Waals surface area contributed by atoms with E-state index in [0.717, 1.165) is 0 Å². The van der Waals surface area contributed by atoms with Gasteiger partial charge in [-0.3, -0.25) is 9.59 Å². The van der Waals surface area contributed by atoms with Crippen molar-refractivity contribution in [2.24, 2.45) is 0 Å². The van der Waals surface area contributed by atoms with Gasteiger partial charge in [0.1, 0.15) is 0 Å². The largest absolute Gasteiger partial charge is 0.398 e. The van der Waals surface area contributed by atoms with E-state index in [9.17, 15) is 18.4 Å². The van der Waals surface area contributed by atoms with Gasteiger partial charge in [0.15, 0.2) is 11.6 Å². The highest BCUT2D eigenvalue weighted by atomic mass is 19.2. The summed E-state index contributed by atoms with van der Waals surface area (Å²) in [6.45, 7) is -0.270. The van der Waals surface area contributed by atoms with E-state index in [1.54, 1.807) is 0 Å². The van der Waals surface area contributed by atoms with Crippen molar-refractivity contribution in [3.63, 3.8) is 0 Å². The van der Waals surface area contributed by atoms with E-state index in [0.29, 0.717) is 12.1 Å². The summed E-state index contributed by atoms with van der Waals surface area (Å²) in [7, 11) is 1.40. The minimum atomic E-state index is -1.18. The number of carbonyl (C=O) groups excluding carboxylic acids is 2. The average Bonchev–Trinajstić information content (AvgIpc) is 2.30. The Hall–Kier alpha value is -2.18. The predicted molar refractivity (Wildman–Crippen MR) is 57.2 cm³/mol. The third-order valence-corrected chi connectivity index (χ3v) is 2.03. The molecular weight excluding hydrogens is 232 g/mol. The second-order valence-corrected chi connectivity index (χ2v) is 3.21. The van der Waals surface area contributed by atoms with Crippen LogP contribution in [0, 0.1) is 11.6 Å². The molecule has 0 unspecified atom stereocenters. The number of rotatable bonds is 3. The molecule has 0 atom stereocenters. The molecule has 0 aliphatic carbocycles. The second kappa shape index (κ2) is 5.24. The normalized spacial score (nSPS) is 9.82. The number of nitrogen functional groups attached to an aromatic ring is 1. The van der Waals surface area contributed by atoms with Crippen molar-refractivity contribution in [3.05, 3.63) is 29.3 Å². The fourth-order valence-corrected chi connectivity index (χ4v) is 1.10. The molecule has 0 bridgehead atoms. The Bertz CT molecular complexity index is 463. The Morgan fingerprint density at radius 3 is 2.47 bits per heavy atom. The van der Waals surface area contributed by atoms with Gasteiger partial charge in [-0.05, 0) is 6.07 Å². The third kappa shape index (κ3) is 3.13. The lowest BCUT2D eigenvalue weighted by atomic mass is 10.1. The average molecular weight is 243 g/mol. The van der Waals surface area contributed by atoms with Crippen LogP contribution >= 0.6 is 0 Å². The van der Waals surface area contributed by atoms with Crippen molar-refractivity contribution in [2.45, 2.75) is 0 Å². The fourth-order valence-electron chi connectivity index (χ4n) is 1.10. The molecule has 0 aliphatic heterocycles. The van der Waals surface area contributed by atoms with Crippen LogP contribution in [0.25, 0.3) is 0 Å². The van der Waals surface area contributed by atoms with Gasteiger partial charge in [-0.1, -0.05) is 0 Å². The van der Waals surface area contributed by atoms with E-state index < -0.39 is 23.4 Å². The molecule has 0 aliphatic rings. The van der Waals surface area contributed by atoms with E-state index in [1.807, 2.05) is 0 Å². The molecule has 1 rings (SSSR count). The number of hydrogen-bond donors (Lipinski definition) is 3. The van der Waals surface area contributed by atoms with Gasteiger partial charge in [-0.15, -0.1) is 0 Å². The van der Waals surface area contributed by atoms with Crippen LogP contribution in [0.15, 0.2) is 12.1 Å². The number of likely N-dealkylation sites (N-methyl/N-ethyl adjacent to an activating group) is 1. The summed E-state index contributed by atoms with van der Waals surface area (Å²) in [5, 5.41) is 4.50. The zero-order chi connectivity index (χ0) is 13.0. The van der Waals surface area contributed by atoms with Crippen molar-refractivity contribution in [2.75, 3.05) is 19.3 Å². The van der Waals surface area contributed by atoms with E-state index >= 15 is 0 Å². The summed E-state index contributed by atoms with van der Waals surface area (Å²) in [6.07, 6.45) is 0. The van der Waals surface area contributed by atoms with Crippen LogP contribution in [0.4, 0.5) is 14.5 Å². The molecule has 1 aromatic rings. The van der Waals surface area contributed by atoms with Gasteiger partial charge in [0.2, 0.25) is 5.91 Å². The number of nitrogens with one attached hydrogen (secondary N) is 2. The van der Waals surface area contributed by atoms with Crippen molar-refractivity contribution in [3.8, 4) is 0 Å². The molecule has 17 heavy (non-hydrogen) atoms. The van der Waals surface area contributed by atoms with Crippen molar-refractivity contribution in [1.82, 2.24) is 10.6 Å². The molecule has 5 nitrogen and oxygen atoms in total. The highest BCUT2D eigenvalue weighted by molar-refractivity contribution is 6.00. The van der Waals surface area contributed by atoms with Crippen molar-refractivity contribution < 1.29 is 18.4 Å². The van der Waals surface area contributed by atoms with Crippen molar-refractivity contribution in [1.29, 1.82) is 0 Å². The Morgan fingerprint density at radius 1 is 1.29 bits per heavy atom. The highest BCUT2D eigenvalue weighted by Crippen LogP contribution is 2.16. The Morgan fingerprint density at radius 2 is 1.88 bits per heavy atom. The van der Waals surface area contributed by atoms with Crippen LogP contribution in [-0.4, -0.2) is 25.4 Å². The molecule has 0 saturated carbocycles. The first-order valence-corrected chi connectivity index (χ1v) is 4.69. The molecule has 2 amide bonds. The Balaban J connectivity index is 2.82. The topological polar surface area (TPSA) is 84.2 Å². The summed E-state index contributed by atoms with van der Waals surface area (Å²) >= 11 is 0. The first kappa shape index (κ1) is 12.9. The SMILES string of the molecule is CNC(=O)CNC(=O)c1cc(F)c(F)cc1N. The van der Waals surface area contributed by atoms with E-state index in [2.05, 4.69) is 10.6 Å². The molecule has 0 saturated heterocycles. The van der Waals surface area contributed by atoms with Crippen LogP contribution < -0.4 is 16.4 Å². The maximum Gasteiger partial charge on any atom is 0.253 e. The molecule has 0 radical (unpaired) electrons. The molecule has 92 valence electrons. The molecule has 7 heteroatoms. The van der Waals surface area contributed by atoms with Gasteiger partial charge in [0.25, 0.3) is 5.91 Å². The second-order valence-electron chi connectivity index (χ2n) is 3.21. The number of anilines is 1. The first-order valence-electron chi connectivity index (χ1n) is 4.69. The number of hydrogen-bond acceptors (Lipinski definition) is 3. The van der Waals surface area contributed by atoms with Gasteiger partial charge in [-0.25, -0.2) is 8.78 Å². The van der Waals surface area contributed by atoms with Crippen LogP contribution in [-0.2, 0) is 4.79 Å². The summed E-state index contributed by atoms with van der Waals surface area (Å²) in [5.74, 6) is -3.47. The quantitative estimate of drug-likeness (QED) is 0.654. The zero-order valence-corrected chi connectivity index (χ0v) is 9.01. The number of nitrogens with two attached hydrogens (primary N) is 1. The van der Waals surface area contributed by atoms with Gasteiger partial charge in [0, 0.05) is 18.8 Å². The lowest BCUT2D eigenvalue weighted by Crippen LogP contribution is -2.35. The molecule has 1 aromatic carbocycles. The van der Waals surface area contributed by atoms with Crippen LogP contribution in [0.2, 0.25) is 0 Å². The van der Waals surface area contributed by atoms with E-state index in [1.165, 1.54) is 7.05 Å². The van der Waals surface area contributed by atoms with E-state index in [-0.39, 0.29) is 17.8 Å². The molecular formula is C10H11F2N3O2. The van der Waals surface area contributed by atoms with Crippen LogP contribution in [0.1, 0.15) is 10.4 Å². The monoisotopic (exact) mass is 243 g/mol. The highest BCUT2D eigenvalue weighted by Gasteiger charge is 2.14. The Labute approximate surface area is 96.0 Å². The van der Waals surface area contributed by atoms with E-state index in [4.69, 9.17) is 5.73 Å². The fraction of sp³-hybridized carbons (Fsp3) is 0.200. The van der Waals surface area contributed by atoms with Crippen LogP contribution in [0.5, 0.6) is 0 Å². The molecule has 0 fully saturated rings. The maximum absolute atomic E-state index is 12.9. The summed E-state index contributed by atoms with van der Waals surface area (Å²) < 4.78 is 25.6. The summed E-state index contributed by atoms with van der Waals surface area (Å²) in [6, 6.07) is 1.40. The lowest BCUT2D eigenvalue weighted by Gasteiger charge is -2.07. The smallest absolute Gasteiger partial charge is 0.253 e. The third-order valence-electron chi connectivity index (χ3n) is 2.03. The molecule has 0 spiro atoms. The number of benzene rings is 1. The minimum Gasteiger partial charge on any atom is -0.398 e.